The first kappa shape index (κ1) is 24.7. The summed E-state index contributed by atoms with van der Waals surface area (Å²) >= 11 is 0. The molecule has 0 amide bonds. The summed E-state index contributed by atoms with van der Waals surface area (Å²) in [5.74, 6) is -0.0393. The van der Waals surface area contributed by atoms with Crippen LogP contribution in [0.25, 0.3) is 0 Å². The van der Waals surface area contributed by atoms with Gasteiger partial charge in [0.25, 0.3) is 0 Å². The van der Waals surface area contributed by atoms with Gasteiger partial charge in [-0.15, -0.1) is 0 Å². The monoisotopic (exact) mass is 430 g/mol. The van der Waals surface area contributed by atoms with Gasteiger partial charge in [-0.05, 0) is 49.2 Å². The molecule has 0 aliphatic heterocycles. The van der Waals surface area contributed by atoms with Crippen LogP contribution < -0.4 is 14.2 Å². The fourth-order valence-electron chi connectivity index (χ4n) is 3.12. The van der Waals surface area contributed by atoms with Crippen molar-refractivity contribution < 1.29 is 23.4 Å². The van der Waals surface area contributed by atoms with Gasteiger partial charge in [0.1, 0.15) is 11.5 Å². The summed E-state index contributed by atoms with van der Waals surface area (Å²) in [7, 11) is 0. The number of carbonyl (C=O) groups excluding carboxylic acids is 1. The van der Waals surface area contributed by atoms with Gasteiger partial charge in [-0.1, -0.05) is 58.8 Å². The van der Waals surface area contributed by atoms with Crippen LogP contribution in [0.2, 0.25) is 0 Å². The number of hydrogen-bond donors (Lipinski definition) is 0. The molecule has 5 heteroatoms. The predicted octanol–water partition coefficient (Wildman–Crippen LogP) is 7.35. The van der Waals surface area contributed by atoms with Crippen LogP contribution in [-0.2, 0) is 0 Å². The lowest BCUT2D eigenvalue weighted by atomic mass is 10.1. The Labute approximate surface area is 185 Å². The Hall–Kier alpha value is -2.56. The number of halogens is 1. The van der Waals surface area contributed by atoms with Crippen molar-refractivity contribution >= 4 is 5.97 Å². The largest absolute Gasteiger partial charge is 0.494 e. The molecular weight excluding hydrogens is 395 g/mol. The van der Waals surface area contributed by atoms with E-state index < -0.39 is 11.8 Å². The molecule has 31 heavy (non-hydrogen) atoms. The number of rotatable bonds is 15. The van der Waals surface area contributed by atoms with Gasteiger partial charge < -0.3 is 14.2 Å². The van der Waals surface area contributed by atoms with Gasteiger partial charge in [-0.25, -0.2) is 9.18 Å². The molecule has 0 bridgehead atoms. The van der Waals surface area contributed by atoms with Crippen molar-refractivity contribution in [3.05, 3.63) is 53.8 Å². The summed E-state index contributed by atoms with van der Waals surface area (Å²) in [6.45, 7) is 5.47. The minimum absolute atomic E-state index is 0.148. The van der Waals surface area contributed by atoms with E-state index in [4.69, 9.17) is 14.2 Å². The highest BCUT2D eigenvalue weighted by Crippen LogP contribution is 2.24. The molecule has 2 rings (SSSR count). The summed E-state index contributed by atoms with van der Waals surface area (Å²) in [6, 6.07) is 11.0. The van der Waals surface area contributed by atoms with Gasteiger partial charge in [0.2, 0.25) is 0 Å². The van der Waals surface area contributed by atoms with Crippen molar-refractivity contribution in [2.24, 2.45) is 0 Å². The maximum Gasteiger partial charge on any atom is 0.343 e. The van der Waals surface area contributed by atoms with E-state index in [1.807, 2.05) is 0 Å². The molecule has 0 aliphatic rings. The smallest absolute Gasteiger partial charge is 0.343 e. The van der Waals surface area contributed by atoms with Crippen molar-refractivity contribution in [2.45, 2.75) is 71.6 Å². The second-order valence-electron chi connectivity index (χ2n) is 7.68. The third-order valence-electron chi connectivity index (χ3n) is 4.98. The van der Waals surface area contributed by atoms with Gasteiger partial charge in [-0.3, -0.25) is 0 Å². The van der Waals surface area contributed by atoms with E-state index in [1.165, 1.54) is 37.8 Å². The molecule has 2 aromatic carbocycles. The molecule has 0 unspecified atom stereocenters. The zero-order valence-electron chi connectivity index (χ0n) is 18.8. The average molecular weight is 431 g/mol. The average Bonchev–Trinajstić information content (AvgIpc) is 2.78. The molecule has 2 aromatic rings. The Balaban J connectivity index is 1.78. The molecule has 4 nitrogen and oxygen atoms in total. The molecule has 0 heterocycles. The molecule has 0 atom stereocenters. The Kier molecular flexibility index (Phi) is 11.5. The first-order valence-electron chi connectivity index (χ1n) is 11.5. The number of hydrogen-bond acceptors (Lipinski definition) is 4. The Morgan fingerprint density at radius 1 is 0.742 bits per heavy atom. The number of benzene rings is 2. The standard InChI is InChI=1S/C26H35FO4/c1-3-5-7-8-9-11-19-30-25-17-16-23(20-24(25)27)31-26(28)21-12-14-22(15-13-21)29-18-10-6-4-2/h12-17,20H,3-11,18-19H2,1-2H3. The molecule has 0 aliphatic carbocycles. The zero-order chi connectivity index (χ0) is 22.3. The molecule has 0 spiro atoms. The number of esters is 1. The lowest BCUT2D eigenvalue weighted by Crippen LogP contribution is -2.09. The molecule has 0 saturated heterocycles. The van der Waals surface area contributed by atoms with Crippen LogP contribution in [-0.4, -0.2) is 19.2 Å². The SMILES string of the molecule is CCCCCCCCOc1ccc(OC(=O)c2ccc(OCCCCC)cc2)cc1F. The van der Waals surface area contributed by atoms with E-state index in [0.717, 1.165) is 32.1 Å². The fourth-order valence-corrected chi connectivity index (χ4v) is 3.12. The van der Waals surface area contributed by atoms with Gasteiger partial charge in [0.05, 0.1) is 18.8 Å². The van der Waals surface area contributed by atoms with Crippen LogP contribution in [0.15, 0.2) is 42.5 Å². The highest BCUT2D eigenvalue weighted by molar-refractivity contribution is 5.91. The minimum Gasteiger partial charge on any atom is -0.494 e. The lowest BCUT2D eigenvalue weighted by molar-refractivity contribution is 0.0734. The summed E-state index contributed by atoms with van der Waals surface area (Å²) in [5.41, 5.74) is 0.379. The van der Waals surface area contributed by atoms with Crippen LogP contribution in [0.1, 0.15) is 82.0 Å². The third-order valence-corrected chi connectivity index (χ3v) is 4.98. The summed E-state index contributed by atoms with van der Waals surface area (Å²) in [4.78, 5) is 12.3. The lowest BCUT2D eigenvalue weighted by Gasteiger charge is -2.10. The summed E-state index contributed by atoms with van der Waals surface area (Å²) in [6.07, 6.45) is 10.2. The first-order valence-corrected chi connectivity index (χ1v) is 11.5. The molecule has 0 radical (unpaired) electrons. The molecule has 0 fully saturated rings. The number of ether oxygens (including phenoxy) is 3. The second-order valence-corrected chi connectivity index (χ2v) is 7.68. The van der Waals surface area contributed by atoms with Crippen molar-refractivity contribution in [1.82, 2.24) is 0 Å². The van der Waals surface area contributed by atoms with E-state index in [-0.39, 0.29) is 11.5 Å². The Bertz CT molecular complexity index is 773. The van der Waals surface area contributed by atoms with Crippen LogP contribution in [0.4, 0.5) is 4.39 Å². The molecular formula is C26H35FO4. The Morgan fingerprint density at radius 3 is 2.03 bits per heavy atom. The first-order chi connectivity index (χ1) is 15.1. The molecule has 0 saturated carbocycles. The number of unbranched alkanes of at least 4 members (excludes halogenated alkanes) is 7. The van der Waals surface area contributed by atoms with Gasteiger partial charge in [0, 0.05) is 6.07 Å². The molecule has 0 N–H and O–H groups in total. The predicted molar refractivity (Wildman–Crippen MR) is 122 cm³/mol. The van der Waals surface area contributed by atoms with E-state index in [0.29, 0.717) is 24.5 Å². The quantitative estimate of drug-likeness (QED) is 0.168. The van der Waals surface area contributed by atoms with Gasteiger partial charge >= 0.3 is 5.97 Å². The molecule has 170 valence electrons. The topological polar surface area (TPSA) is 44.8 Å². The van der Waals surface area contributed by atoms with Gasteiger partial charge in [0.15, 0.2) is 11.6 Å². The molecule has 0 aromatic heterocycles. The van der Waals surface area contributed by atoms with Crippen molar-refractivity contribution in [1.29, 1.82) is 0 Å². The van der Waals surface area contributed by atoms with Crippen molar-refractivity contribution in [3.63, 3.8) is 0 Å². The maximum atomic E-state index is 14.3. The normalized spacial score (nSPS) is 10.7. The van der Waals surface area contributed by atoms with E-state index >= 15 is 0 Å². The third kappa shape index (κ3) is 9.41. The maximum absolute atomic E-state index is 14.3. The van der Waals surface area contributed by atoms with Crippen molar-refractivity contribution in [3.8, 4) is 17.2 Å². The van der Waals surface area contributed by atoms with Crippen LogP contribution in [0, 0.1) is 5.82 Å². The Morgan fingerprint density at radius 2 is 1.32 bits per heavy atom. The summed E-state index contributed by atoms with van der Waals surface area (Å²) in [5, 5.41) is 0. The highest BCUT2D eigenvalue weighted by Gasteiger charge is 2.12. The van der Waals surface area contributed by atoms with Crippen LogP contribution >= 0.6 is 0 Å². The van der Waals surface area contributed by atoms with E-state index in [1.54, 1.807) is 30.3 Å². The highest BCUT2D eigenvalue weighted by atomic mass is 19.1. The number of carbonyl (C=O) groups is 1. The van der Waals surface area contributed by atoms with Gasteiger partial charge in [-0.2, -0.15) is 0 Å². The minimum atomic E-state index is -0.544. The van der Waals surface area contributed by atoms with E-state index in [2.05, 4.69) is 13.8 Å². The van der Waals surface area contributed by atoms with Crippen LogP contribution in [0.3, 0.4) is 0 Å². The summed E-state index contributed by atoms with van der Waals surface area (Å²) < 4.78 is 30.7. The second kappa shape index (κ2) is 14.4. The zero-order valence-corrected chi connectivity index (χ0v) is 18.8. The van der Waals surface area contributed by atoms with Crippen molar-refractivity contribution in [2.75, 3.05) is 13.2 Å². The fraction of sp³-hybridized carbons (Fsp3) is 0.500. The van der Waals surface area contributed by atoms with E-state index in [9.17, 15) is 9.18 Å². The van der Waals surface area contributed by atoms with Crippen LogP contribution in [0.5, 0.6) is 17.2 Å².